The summed E-state index contributed by atoms with van der Waals surface area (Å²) in [5.74, 6) is 0. The molecule has 0 spiro atoms. The average Bonchev–Trinajstić information content (AvgIpc) is 2.06. The van der Waals surface area contributed by atoms with E-state index in [2.05, 4.69) is 43.4 Å². The third kappa shape index (κ3) is 1.74. The molecular formula is C11H13OSi. The molecule has 0 bridgehead atoms. The summed E-state index contributed by atoms with van der Waals surface area (Å²) in [4.78, 5) is 0. The van der Waals surface area contributed by atoms with Crippen LogP contribution in [0.3, 0.4) is 0 Å². The molecule has 0 saturated heterocycles. The van der Waals surface area contributed by atoms with Gasteiger partial charge in [-0.05, 0) is 35.9 Å². The highest BCUT2D eigenvalue weighted by atomic mass is 28.3. The number of hydrogen-bond acceptors (Lipinski definition) is 1. The van der Waals surface area contributed by atoms with Gasteiger partial charge in [-0.1, -0.05) is 24.3 Å². The van der Waals surface area contributed by atoms with Gasteiger partial charge in [-0.15, -0.1) is 0 Å². The molecule has 0 atom stereocenters. The third-order valence-corrected chi connectivity index (χ3v) is 2.87. The molecular weight excluding hydrogens is 176 g/mol. The highest BCUT2D eigenvalue weighted by Gasteiger charge is 2.15. The fourth-order valence-electron chi connectivity index (χ4n) is 1.44. The van der Waals surface area contributed by atoms with Crippen molar-refractivity contribution in [1.82, 2.24) is 0 Å². The maximum atomic E-state index is 5.64. The van der Waals surface area contributed by atoms with Crippen molar-refractivity contribution >= 4 is 20.7 Å². The molecule has 0 saturated carbocycles. The minimum atomic E-state index is -0.548. The largest absolute Gasteiger partial charge is 0.413 e. The Morgan fingerprint density at radius 1 is 1.23 bits per heavy atom. The van der Waals surface area contributed by atoms with Gasteiger partial charge in [0.25, 0.3) is 0 Å². The Morgan fingerprint density at radius 2 is 2.00 bits per heavy atom. The molecule has 0 fully saturated rings. The zero-order valence-electron chi connectivity index (χ0n) is 8.00. The van der Waals surface area contributed by atoms with Crippen molar-refractivity contribution < 1.29 is 4.43 Å². The molecule has 0 unspecified atom stereocenters. The summed E-state index contributed by atoms with van der Waals surface area (Å²) in [6.07, 6.45) is 2.21. The van der Waals surface area contributed by atoms with Gasteiger partial charge in [0.1, 0.15) is 0 Å². The topological polar surface area (TPSA) is 9.23 Å². The van der Waals surface area contributed by atoms with Crippen LogP contribution in [0, 0.1) is 0 Å². The standard InChI is InChI=1S/C11H13OSi/c1-13(2)12-8-10-7-9-5-3-4-6-11(9)10/h3-7H,8H2,1-2H3. The van der Waals surface area contributed by atoms with Gasteiger partial charge in [-0.25, -0.2) is 0 Å². The lowest BCUT2D eigenvalue weighted by molar-refractivity contribution is 0.382. The maximum Gasteiger partial charge on any atom is 0.205 e. The fourth-order valence-corrected chi connectivity index (χ4v) is 1.89. The summed E-state index contributed by atoms with van der Waals surface area (Å²) in [6.45, 7) is 5.11. The third-order valence-electron chi connectivity index (χ3n) is 2.15. The fraction of sp³-hybridized carbons (Fsp3) is 0.273. The Bertz CT molecular complexity index is 342. The molecule has 2 rings (SSSR count). The predicted molar refractivity (Wildman–Crippen MR) is 57.7 cm³/mol. The SMILES string of the molecule is C[Si](C)OCC1=Cc2ccccc21. The molecule has 1 aliphatic carbocycles. The Morgan fingerprint density at radius 3 is 2.69 bits per heavy atom. The summed E-state index contributed by atoms with van der Waals surface area (Å²) in [5, 5.41) is 0. The molecule has 0 aromatic heterocycles. The van der Waals surface area contributed by atoms with Crippen LogP contribution in [0.25, 0.3) is 11.6 Å². The lowest BCUT2D eigenvalue weighted by Gasteiger charge is -2.20. The van der Waals surface area contributed by atoms with Gasteiger partial charge in [0.05, 0.1) is 6.61 Å². The molecule has 1 aliphatic rings. The van der Waals surface area contributed by atoms with Crippen molar-refractivity contribution in [3.05, 3.63) is 35.4 Å². The van der Waals surface area contributed by atoms with Crippen molar-refractivity contribution in [2.24, 2.45) is 0 Å². The molecule has 0 N–H and O–H groups in total. The van der Waals surface area contributed by atoms with Crippen LogP contribution in [0.2, 0.25) is 13.1 Å². The molecule has 1 radical (unpaired) electrons. The average molecular weight is 189 g/mol. The first-order valence-electron chi connectivity index (χ1n) is 4.50. The van der Waals surface area contributed by atoms with Crippen molar-refractivity contribution in [2.75, 3.05) is 6.61 Å². The Balaban J connectivity index is 2.00. The van der Waals surface area contributed by atoms with Crippen LogP contribution in [0.5, 0.6) is 0 Å². The quantitative estimate of drug-likeness (QED) is 0.664. The summed E-state index contributed by atoms with van der Waals surface area (Å²) >= 11 is 0. The number of fused-ring (bicyclic) bond motifs is 1. The number of benzene rings is 1. The second-order valence-corrected chi connectivity index (χ2v) is 5.56. The van der Waals surface area contributed by atoms with Crippen molar-refractivity contribution in [2.45, 2.75) is 13.1 Å². The number of hydrogen-bond donors (Lipinski definition) is 0. The lowest BCUT2D eigenvalue weighted by Crippen LogP contribution is -2.12. The minimum absolute atomic E-state index is 0.548. The van der Waals surface area contributed by atoms with E-state index in [-0.39, 0.29) is 0 Å². The van der Waals surface area contributed by atoms with E-state index in [1.165, 1.54) is 16.7 Å². The van der Waals surface area contributed by atoms with Gasteiger partial charge in [-0.2, -0.15) is 0 Å². The van der Waals surface area contributed by atoms with E-state index in [0.717, 1.165) is 6.61 Å². The van der Waals surface area contributed by atoms with Gasteiger partial charge in [-0.3, -0.25) is 0 Å². The molecule has 0 heterocycles. The zero-order chi connectivity index (χ0) is 9.26. The van der Waals surface area contributed by atoms with Crippen LogP contribution in [0.1, 0.15) is 11.1 Å². The highest BCUT2D eigenvalue weighted by Crippen LogP contribution is 2.31. The van der Waals surface area contributed by atoms with Gasteiger partial charge < -0.3 is 4.43 Å². The first-order chi connectivity index (χ1) is 6.27. The van der Waals surface area contributed by atoms with Crippen LogP contribution in [-0.2, 0) is 4.43 Å². The molecule has 2 heteroatoms. The van der Waals surface area contributed by atoms with Crippen LogP contribution in [-0.4, -0.2) is 15.6 Å². The zero-order valence-corrected chi connectivity index (χ0v) is 9.00. The second-order valence-electron chi connectivity index (χ2n) is 3.45. The summed E-state index contributed by atoms with van der Waals surface area (Å²) in [6, 6.07) is 8.45. The van der Waals surface area contributed by atoms with E-state index in [9.17, 15) is 0 Å². The minimum Gasteiger partial charge on any atom is -0.413 e. The smallest absolute Gasteiger partial charge is 0.205 e. The van der Waals surface area contributed by atoms with Gasteiger partial charge in [0.2, 0.25) is 9.04 Å². The van der Waals surface area contributed by atoms with Crippen LogP contribution >= 0.6 is 0 Å². The number of rotatable bonds is 3. The molecule has 1 aromatic carbocycles. The molecule has 0 aliphatic heterocycles. The summed E-state index contributed by atoms with van der Waals surface area (Å²) in [7, 11) is -0.548. The van der Waals surface area contributed by atoms with Crippen LogP contribution in [0.15, 0.2) is 24.3 Å². The van der Waals surface area contributed by atoms with E-state index >= 15 is 0 Å². The molecule has 1 aromatic rings. The van der Waals surface area contributed by atoms with Crippen LogP contribution < -0.4 is 0 Å². The normalized spacial score (nSPS) is 13.6. The van der Waals surface area contributed by atoms with Crippen molar-refractivity contribution in [3.8, 4) is 0 Å². The van der Waals surface area contributed by atoms with Crippen LogP contribution in [0.4, 0.5) is 0 Å². The van der Waals surface area contributed by atoms with Crippen molar-refractivity contribution in [3.63, 3.8) is 0 Å². The van der Waals surface area contributed by atoms with E-state index < -0.39 is 9.04 Å². The maximum absolute atomic E-state index is 5.64. The van der Waals surface area contributed by atoms with Gasteiger partial charge in [0, 0.05) is 0 Å². The van der Waals surface area contributed by atoms with E-state index in [0.29, 0.717) is 0 Å². The lowest BCUT2D eigenvalue weighted by atomic mass is 9.89. The van der Waals surface area contributed by atoms with Gasteiger partial charge in [0.15, 0.2) is 0 Å². The van der Waals surface area contributed by atoms with E-state index in [1.54, 1.807) is 0 Å². The summed E-state index contributed by atoms with van der Waals surface area (Å²) < 4.78 is 5.64. The summed E-state index contributed by atoms with van der Waals surface area (Å²) in [5.41, 5.74) is 4.06. The highest BCUT2D eigenvalue weighted by molar-refractivity contribution is 6.48. The van der Waals surface area contributed by atoms with E-state index in [4.69, 9.17) is 4.43 Å². The predicted octanol–water partition coefficient (Wildman–Crippen LogP) is 2.81. The molecule has 13 heavy (non-hydrogen) atoms. The Labute approximate surface area is 80.8 Å². The van der Waals surface area contributed by atoms with Crippen molar-refractivity contribution in [1.29, 1.82) is 0 Å². The first kappa shape index (κ1) is 8.72. The Hall–Kier alpha value is -0.863. The monoisotopic (exact) mass is 189 g/mol. The van der Waals surface area contributed by atoms with E-state index in [1.807, 2.05) is 0 Å². The molecule has 0 amide bonds. The Kier molecular flexibility index (Phi) is 2.33. The first-order valence-corrected chi connectivity index (χ1v) is 6.91. The van der Waals surface area contributed by atoms with Gasteiger partial charge >= 0.3 is 0 Å². The molecule has 67 valence electrons. The molecule has 1 nitrogen and oxygen atoms in total. The second kappa shape index (κ2) is 3.48.